The van der Waals surface area contributed by atoms with Crippen LogP contribution in [0.15, 0.2) is 41.3 Å². The van der Waals surface area contributed by atoms with Crippen molar-refractivity contribution in [3.05, 3.63) is 53.1 Å². The van der Waals surface area contributed by atoms with Crippen LogP contribution in [0, 0.1) is 0 Å². The smallest absolute Gasteiger partial charge is 0.238 e. The van der Waals surface area contributed by atoms with E-state index < -0.39 is 10.0 Å². The number of aryl methyl sites for hydroxylation is 2. The molecular weight excluding hydrogens is 364 g/mol. The molecule has 0 spiro atoms. The van der Waals surface area contributed by atoms with Gasteiger partial charge in [-0.25, -0.2) is 18.5 Å². The lowest BCUT2D eigenvalue weighted by atomic mass is 10.1. The van der Waals surface area contributed by atoms with Crippen LogP contribution in [0.2, 0.25) is 0 Å². The van der Waals surface area contributed by atoms with Crippen LogP contribution in [0.4, 0.5) is 5.95 Å². The zero-order valence-corrected chi connectivity index (χ0v) is 15.5. The van der Waals surface area contributed by atoms with Gasteiger partial charge in [0.2, 0.25) is 21.9 Å². The van der Waals surface area contributed by atoms with Gasteiger partial charge >= 0.3 is 0 Å². The Morgan fingerprint density at radius 1 is 1.07 bits per heavy atom. The molecule has 3 aromatic rings. The molecule has 0 saturated carbocycles. The summed E-state index contributed by atoms with van der Waals surface area (Å²) >= 11 is 0. The van der Waals surface area contributed by atoms with Gasteiger partial charge < -0.3 is 10.4 Å². The zero-order valence-electron chi connectivity index (χ0n) is 14.6. The highest BCUT2D eigenvalue weighted by Crippen LogP contribution is 2.30. The lowest BCUT2D eigenvalue weighted by Crippen LogP contribution is -2.12. The average molecular weight is 384 g/mol. The van der Waals surface area contributed by atoms with Crippen molar-refractivity contribution in [3.8, 4) is 5.88 Å². The summed E-state index contributed by atoms with van der Waals surface area (Å²) in [4.78, 5) is 8.75. The Bertz CT molecular complexity index is 1110. The van der Waals surface area contributed by atoms with Gasteiger partial charge in [0.1, 0.15) is 0 Å². The minimum absolute atomic E-state index is 0.0188. The molecule has 0 bridgehead atoms. The molecule has 4 rings (SSSR count). The van der Waals surface area contributed by atoms with Crippen molar-refractivity contribution in [2.45, 2.75) is 30.6 Å². The minimum atomic E-state index is -3.68. The Morgan fingerprint density at radius 3 is 2.48 bits per heavy atom. The molecule has 1 heterocycles. The van der Waals surface area contributed by atoms with E-state index in [1.54, 1.807) is 12.1 Å². The Kier molecular flexibility index (Phi) is 4.45. The standard InChI is InChI=1S/C19H20N4O3S/c20-27(25,26)15-6-4-12(5-7-15)8-9-21-19-22-17-11-14-3-1-2-13(14)10-16(17)18(24)23-19/h4-7,10-11H,1-3,8-9H2,(H2,20,25,26)(H2,21,22,23,24). The second-order valence-corrected chi connectivity index (χ2v) is 8.29. The third-order valence-electron chi connectivity index (χ3n) is 4.84. The Hall–Kier alpha value is -2.71. The number of sulfonamides is 1. The number of nitrogens with two attached hydrogens (primary N) is 1. The fraction of sp³-hybridized carbons (Fsp3) is 0.263. The highest BCUT2D eigenvalue weighted by atomic mass is 32.2. The molecule has 27 heavy (non-hydrogen) atoms. The number of fused-ring (bicyclic) bond motifs is 2. The summed E-state index contributed by atoms with van der Waals surface area (Å²) in [6.07, 6.45) is 3.87. The molecule has 7 nitrogen and oxygen atoms in total. The molecule has 4 N–H and O–H groups in total. The third kappa shape index (κ3) is 3.72. The number of primary sulfonamides is 1. The van der Waals surface area contributed by atoms with Crippen LogP contribution in [0.3, 0.4) is 0 Å². The first kappa shape index (κ1) is 17.7. The largest absolute Gasteiger partial charge is 0.493 e. The van der Waals surface area contributed by atoms with E-state index in [1.165, 1.54) is 23.3 Å². The van der Waals surface area contributed by atoms with Crippen LogP contribution in [0.1, 0.15) is 23.1 Å². The maximum absolute atomic E-state index is 11.3. The average Bonchev–Trinajstić information content (AvgIpc) is 3.07. The molecular formula is C19H20N4O3S. The SMILES string of the molecule is NS(=O)(=O)c1ccc(CCNc2nc(O)c3cc4c(cc3n2)CCC4)cc1. The van der Waals surface area contributed by atoms with E-state index in [1.807, 2.05) is 12.1 Å². The molecule has 1 aromatic heterocycles. The number of aromatic hydroxyl groups is 1. The first-order valence-electron chi connectivity index (χ1n) is 8.78. The van der Waals surface area contributed by atoms with Crippen LogP contribution in [-0.4, -0.2) is 30.0 Å². The van der Waals surface area contributed by atoms with Crippen molar-refractivity contribution in [1.82, 2.24) is 9.97 Å². The van der Waals surface area contributed by atoms with E-state index in [-0.39, 0.29) is 10.8 Å². The predicted octanol–water partition coefficient (Wildman–Crippen LogP) is 2.13. The first-order valence-corrected chi connectivity index (χ1v) is 10.3. The van der Waals surface area contributed by atoms with Gasteiger partial charge in [0.05, 0.1) is 15.8 Å². The summed E-state index contributed by atoms with van der Waals surface area (Å²) in [7, 11) is -3.68. The maximum Gasteiger partial charge on any atom is 0.238 e. The lowest BCUT2D eigenvalue weighted by molar-refractivity contribution is 0.460. The maximum atomic E-state index is 11.3. The molecule has 0 atom stereocenters. The highest BCUT2D eigenvalue weighted by molar-refractivity contribution is 7.89. The number of hydrogen-bond acceptors (Lipinski definition) is 6. The van der Waals surface area contributed by atoms with Crippen molar-refractivity contribution in [2.24, 2.45) is 5.14 Å². The van der Waals surface area contributed by atoms with Gasteiger partial charge in [-0.15, -0.1) is 0 Å². The quantitative estimate of drug-likeness (QED) is 0.620. The van der Waals surface area contributed by atoms with E-state index in [0.717, 1.165) is 30.3 Å². The monoisotopic (exact) mass is 384 g/mol. The fourth-order valence-electron chi connectivity index (χ4n) is 3.43. The predicted molar refractivity (Wildman–Crippen MR) is 103 cm³/mol. The van der Waals surface area contributed by atoms with E-state index in [4.69, 9.17) is 5.14 Å². The number of nitrogens with zero attached hydrogens (tertiary/aromatic N) is 2. The number of rotatable bonds is 5. The van der Waals surface area contributed by atoms with Gasteiger partial charge in [-0.2, -0.15) is 4.98 Å². The molecule has 0 fully saturated rings. The van der Waals surface area contributed by atoms with Crippen molar-refractivity contribution >= 4 is 26.9 Å². The number of anilines is 1. The molecule has 1 aliphatic carbocycles. The molecule has 140 valence electrons. The van der Waals surface area contributed by atoms with Gasteiger partial charge in [-0.3, -0.25) is 0 Å². The summed E-state index contributed by atoms with van der Waals surface area (Å²) in [6.45, 7) is 0.546. The topological polar surface area (TPSA) is 118 Å². The second-order valence-electron chi connectivity index (χ2n) is 6.73. The summed E-state index contributed by atoms with van der Waals surface area (Å²) in [5.41, 5.74) is 4.26. The van der Waals surface area contributed by atoms with Crippen LogP contribution in [-0.2, 0) is 29.3 Å². The lowest BCUT2D eigenvalue weighted by Gasteiger charge is -2.09. The number of aromatic nitrogens is 2. The molecule has 0 radical (unpaired) electrons. The molecule has 0 aliphatic heterocycles. The second kappa shape index (κ2) is 6.79. The van der Waals surface area contributed by atoms with Crippen molar-refractivity contribution in [2.75, 3.05) is 11.9 Å². The molecule has 0 amide bonds. The Balaban J connectivity index is 1.47. The van der Waals surface area contributed by atoms with Gasteiger partial charge in [0, 0.05) is 6.54 Å². The van der Waals surface area contributed by atoms with E-state index in [9.17, 15) is 13.5 Å². The molecule has 0 saturated heterocycles. The summed E-state index contributed by atoms with van der Waals surface area (Å²) in [6, 6.07) is 10.5. The number of benzene rings is 2. The summed E-state index contributed by atoms with van der Waals surface area (Å²) in [5, 5.41) is 19.1. The van der Waals surface area contributed by atoms with Crippen LogP contribution >= 0.6 is 0 Å². The molecule has 8 heteroatoms. The van der Waals surface area contributed by atoms with Crippen molar-refractivity contribution in [1.29, 1.82) is 0 Å². The number of nitrogens with one attached hydrogen (secondary N) is 1. The molecule has 2 aromatic carbocycles. The fourth-order valence-corrected chi connectivity index (χ4v) is 3.94. The highest BCUT2D eigenvalue weighted by Gasteiger charge is 2.15. The van der Waals surface area contributed by atoms with Crippen LogP contribution < -0.4 is 10.5 Å². The zero-order chi connectivity index (χ0) is 19.0. The molecule has 1 aliphatic rings. The van der Waals surface area contributed by atoms with Crippen molar-refractivity contribution in [3.63, 3.8) is 0 Å². The van der Waals surface area contributed by atoms with Crippen molar-refractivity contribution < 1.29 is 13.5 Å². The van der Waals surface area contributed by atoms with E-state index >= 15 is 0 Å². The van der Waals surface area contributed by atoms with Gasteiger partial charge in [-0.1, -0.05) is 12.1 Å². The van der Waals surface area contributed by atoms with E-state index in [2.05, 4.69) is 15.3 Å². The summed E-state index contributed by atoms with van der Waals surface area (Å²) < 4.78 is 22.6. The van der Waals surface area contributed by atoms with Gasteiger partial charge in [-0.05, 0) is 66.6 Å². The first-order chi connectivity index (χ1) is 12.9. The third-order valence-corrected chi connectivity index (χ3v) is 5.77. The van der Waals surface area contributed by atoms with E-state index in [0.29, 0.717) is 24.3 Å². The summed E-state index contributed by atoms with van der Waals surface area (Å²) in [5.74, 6) is 0.355. The minimum Gasteiger partial charge on any atom is -0.493 e. The van der Waals surface area contributed by atoms with Gasteiger partial charge in [0.25, 0.3) is 0 Å². The van der Waals surface area contributed by atoms with Gasteiger partial charge in [0.15, 0.2) is 0 Å². The van der Waals surface area contributed by atoms with Crippen LogP contribution in [0.25, 0.3) is 10.9 Å². The van der Waals surface area contributed by atoms with Crippen LogP contribution in [0.5, 0.6) is 5.88 Å². The Labute approximate surface area is 157 Å². The normalized spacial score (nSPS) is 13.7. The number of hydrogen-bond donors (Lipinski definition) is 3. The molecule has 0 unspecified atom stereocenters. The Morgan fingerprint density at radius 2 is 1.78 bits per heavy atom.